The Morgan fingerprint density at radius 2 is 1.85 bits per heavy atom. The third kappa shape index (κ3) is 5.23. The van der Waals surface area contributed by atoms with Crippen molar-refractivity contribution in [3.63, 3.8) is 0 Å². The van der Waals surface area contributed by atoms with E-state index in [9.17, 15) is 9.59 Å². The molecule has 0 atom stereocenters. The summed E-state index contributed by atoms with van der Waals surface area (Å²) in [5, 5.41) is 10.4. The molecule has 4 rings (SSSR count). The minimum Gasteiger partial charge on any atom is -0.497 e. The lowest BCUT2D eigenvalue weighted by molar-refractivity contribution is 0.106. The second-order valence-corrected chi connectivity index (χ2v) is 7.95. The van der Waals surface area contributed by atoms with Gasteiger partial charge < -0.3 is 4.74 Å². The summed E-state index contributed by atoms with van der Waals surface area (Å²) in [4.78, 5) is 26.7. The number of hydrogen-bond acceptors (Lipinski definition) is 7. The minimum atomic E-state index is -0.318. The number of thioether (sulfide) groups is 1. The highest BCUT2D eigenvalue weighted by atomic mass is 32.2. The summed E-state index contributed by atoms with van der Waals surface area (Å²) in [5.41, 5.74) is 1.96. The smallest absolute Gasteiger partial charge is 0.293 e. The van der Waals surface area contributed by atoms with Gasteiger partial charge in [0.05, 0.1) is 19.9 Å². The fourth-order valence-corrected chi connectivity index (χ4v) is 4.10. The van der Waals surface area contributed by atoms with Crippen LogP contribution >= 0.6 is 11.8 Å². The van der Waals surface area contributed by atoms with E-state index >= 15 is 0 Å². The van der Waals surface area contributed by atoms with Gasteiger partial charge in [0, 0.05) is 23.1 Å². The van der Waals surface area contributed by atoms with Gasteiger partial charge in [-0.3, -0.25) is 14.6 Å². The van der Waals surface area contributed by atoms with E-state index in [0.29, 0.717) is 27.5 Å². The van der Waals surface area contributed by atoms with Crippen LogP contribution in [0, 0.1) is 0 Å². The van der Waals surface area contributed by atoms with Crippen LogP contribution in [0.5, 0.6) is 5.75 Å². The van der Waals surface area contributed by atoms with Crippen molar-refractivity contribution in [3.05, 3.63) is 94.4 Å². The number of ketones is 1. The lowest BCUT2D eigenvalue weighted by atomic mass is 10.1. The van der Waals surface area contributed by atoms with Gasteiger partial charge in [0.25, 0.3) is 5.56 Å². The highest BCUT2D eigenvalue weighted by Crippen LogP contribution is 2.35. The number of methoxy groups -OCH3 is 1. The number of rotatable bonds is 5. The van der Waals surface area contributed by atoms with Crippen molar-refractivity contribution in [2.75, 3.05) is 19.2 Å². The summed E-state index contributed by atoms with van der Waals surface area (Å²) in [7, 11) is 3.24. The molecule has 3 aromatic rings. The average Bonchev–Trinajstić information content (AvgIpc) is 2.98. The van der Waals surface area contributed by atoms with Gasteiger partial charge in [-0.1, -0.05) is 74.7 Å². The van der Waals surface area contributed by atoms with Gasteiger partial charge in [0.1, 0.15) is 11.4 Å². The van der Waals surface area contributed by atoms with Crippen molar-refractivity contribution in [2.24, 2.45) is 5.10 Å². The van der Waals surface area contributed by atoms with Crippen LogP contribution in [0.15, 0.2) is 77.3 Å². The van der Waals surface area contributed by atoms with Gasteiger partial charge in [-0.15, -0.1) is 0 Å². The fourth-order valence-electron chi connectivity index (χ4n) is 3.23. The molecule has 2 heterocycles. The van der Waals surface area contributed by atoms with Crippen LogP contribution in [-0.2, 0) is 6.54 Å². The monoisotopic (exact) mass is 462 g/mol. The Balaban J connectivity index is 0.00000149. The Morgan fingerprint density at radius 3 is 2.55 bits per heavy atom. The molecular weight excluding hydrogens is 436 g/mol. The largest absolute Gasteiger partial charge is 0.497 e. The van der Waals surface area contributed by atoms with Crippen LogP contribution in [0.1, 0.15) is 35.3 Å². The van der Waals surface area contributed by atoms with Gasteiger partial charge in [-0.25, -0.2) is 4.68 Å². The van der Waals surface area contributed by atoms with Crippen molar-refractivity contribution in [1.82, 2.24) is 9.78 Å². The number of carbonyl (C=O) groups is 1. The topological polar surface area (TPSA) is 76.8 Å². The number of fused-ring (bicyclic) bond motifs is 1. The first-order valence-electron chi connectivity index (χ1n) is 10.5. The van der Waals surface area contributed by atoms with E-state index in [4.69, 9.17) is 4.74 Å². The van der Waals surface area contributed by atoms with E-state index in [1.54, 1.807) is 44.6 Å². The standard InChI is InChI=1S/C23H20N4O3S.C2H6/c1-15-19-13-24-27(14-16-8-7-11-18(12-16)30-3)23(29)20(19)26(2)25-22(31-15)21(28)17-9-5-4-6-10-17;1-2/h4-13H,1,14H2,2-3H3;1-2H3. The predicted octanol–water partition coefficient (Wildman–Crippen LogP) is 4.68. The number of anilines is 1. The number of nitrogens with zero attached hydrogens (tertiary/aromatic N) is 4. The summed E-state index contributed by atoms with van der Waals surface area (Å²) in [5.74, 6) is 0.479. The molecule has 0 fully saturated rings. The predicted molar refractivity (Wildman–Crippen MR) is 135 cm³/mol. The SMILES string of the molecule is C=C1SC(C(=O)c2ccccc2)=NN(C)c2c1cnn(Cc1cccc(OC)c1)c2=O.CC. The van der Waals surface area contributed by atoms with Crippen molar-refractivity contribution >= 4 is 33.2 Å². The Morgan fingerprint density at radius 1 is 1.12 bits per heavy atom. The summed E-state index contributed by atoms with van der Waals surface area (Å²) < 4.78 is 6.61. The van der Waals surface area contributed by atoms with E-state index in [2.05, 4.69) is 16.8 Å². The molecule has 0 radical (unpaired) electrons. The highest BCUT2D eigenvalue weighted by molar-refractivity contribution is 8.23. The van der Waals surface area contributed by atoms with Crippen molar-refractivity contribution < 1.29 is 9.53 Å². The number of benzene rings is 2. The maximum atomic E-state index is 13.3. The molecule has 1 aromatic heterocycles. The van der Waals surface area contributed by atoms with E-state index in [1.165, 1.54) is 9.69 Å². The summed E-state index contributed by atoms with van der Waals surface area (Å²) >= 11 is 1.14. The van der Waals surface area contributed by atoms with E-state index in [1.807, 2.05) is 44.2 Å². The van der Waals surface area contributed by atoms with E-state index in [0.717, 1.165) is 17.3 Å². The Kier molecular flexibility index (Phi) is 7.84. The molecule has 0 spiro atoms. The third-order valence-electron chi connectivity index (χ3n) is 4.80. The van der Waals surface area contributed by atoms with Crippen molar-refractivity contribution in [1.29, 1.82) is 0 Å². The van der Waals surface area contributed by atoms with Crippen LogP contribution in [0.25, 0.3) is 4.91 Å². The maximum absolute atomic E-state index is 13.3. The molecule has 170 valence electrons. The van der Waals surface area contributed by atoms with E-state index < -0.39 is 0 Å². The van der Waals surface area contributed by atoms with Gasteiger partial charge in [-0.2, -0.15) is 10.2 Å². The molecule has 0 bridgehead atoms. The van der Waals surface area contributed by atoms with Gasteiger partial charge >= 0.3 is 0 Å². The summed E-state index contributed by atoms with van der Waals surface area (Å²) in [6.07, 6.45) is 1.59. The molecule has 33 heavy (non-hydrogen) atoms. The Hall–Kier alpha value is -3.65. The second kappa shape index (κ2) is 10.8. The number of hydrazone groups is 1. The zero-order valence-electron chi connectivity index (χ0n) is 19.1. The number of hydrogen-bond donors (Lipinski definition) is 0. The van der Waals surface area contributed by atoms with Crippen LogP contribution in [0.2, 0.25) is 0 Å². The molecular formula is C25H26N4O3S. The van der Waals surface area contributed by atoms with Crippen LogP contribution in [0.3, 0.4) is 0 Å². The number of ether oxygens (including phenoxy) is 1. The van der Waals surface area contributed by atoms with Crippen LogP contribution in [0.4, 0.5) is 5.69 Å². The first kappa shape index (κ1) is 24.0. The van der Waals surface area contributed by atoms with Crippen LogP contribution in [-0.4, -0.2) is 34.8 Å². The lowest BCUT2D eigenvalue weighted by Gasteiger charge is -2.16. The Labute approximate surface area is 197 Å². The van der Waals surface area contributed by atoms with Crippen molar-refractivity contribution in [3.8, 4) is 5.75 Å². The van der Waals surface area contributed by atoms with Crippen LogP contribution < -0.4 is 15.3 Å². The summed E-state index contributed by atoms with van der Waals surface area (Å²) in [6, 6.07) is 16.3. The quantitative estimate of drug-likeness (QED) is 0.513. The first-order valence-corrected chi connectivity index (χ1v) is 11.3. The molecule has 0 amide bonds. The lowest BCUT2D eigenvalue weighted by Crippen LogP contribution is -2.30. The third-order valence-corrected chi connectivity index (χ3v) is 5.73. The summed E-state index contributed by atoms with van der Waals surface area (Å²) in [6.45, 7) is 8.33. The molecule has 0 N–H and O–H groups in total. The normalized spacial score (nSPS) is 12.7. The molecule has 0 aliphatic carbocycles. The number of aromatic nitrogens is 2. The molecule has 2 aromatic carbocycles. The number of carbonyl (C=O) groups excluding carboxylic acids is 1. The van der Waals surface area contributed by atoms with Gasteiger partial charge in [0.15, 0.2) is 5.04 Å². The molecule has 8 heteroatoms. The zero-order valence-corrected chi connectivity index (χ0v) is 19.9. The molecule has 0 saturated carbocycles. The molecule has 7 nitrogen and oxygen atoms in total. The molecule has 0 saturated heterocycles. The van der Waals surface area contributed by atoms with Gasteiger partial charge in [-0.05, 0) is 17.7 Å². The highest BCUT2D eigenvalue weighted by Gasteiger charge is 2.26. The van der Waals surface area contributed by atoms with Crippen molar-refractivity contribution in [2.45, 2.75) is 20.4 Å². The second-order valence-electron chi connectivity index (χ2n) is 6.87. The Bertz CT molecular complexity index is 1250. The molecule has 1 aliphatic heterocycles. The van der Waals surface area contributed by atoms with E-state index in [-0.39, 0.29) is 22.9 Å². The molecule has 0 unspecified atom stereocenters. The maximum Gasteiger partial charge on any atom is 0.293 e. The number of Topliss-reactive ketones (excluding diaryl/α,β-unsaturated/α-hetero) is 1. The van der Waals surface area contributed by atoms with Gasteiger partial charge in [0.2, 0.25) is 5.78 Å². The first-order chi connectivity index (χ1) is 16.0. The minimum absolute atomic E-state index is 0.226. The fraction of sp³-hybridized carbons (Fsp3) is 0.200. The average molecular weight is 463 g/mol. The molecule has 1 aliphatic rings. The zero-order chi connectivity index (χ0) is 24.0.